The molecule has 2 aromatic heterocycles. The first-order chi connectivity index (χ1) is 17.4. The number of benzene rings is 1. The number of carbonyl (C=O) groups excluding carboxylic acids is 3. The number of hydrogen-bond donors (Lipinski definition) is 3. The van der Waals surface area contributed by atoms with E-state index in [0.717, 1.165) is 11.4 Å². The normalized spacial score (nSPS) is 22.2. The number of urea groups is 1. The molecule has 0 spiro atoms. The maximum absolute atomic E-state index is 13.2. The number of amides is 4. The van der Waals surface area contributed by atoms with Crippen LogP contribution in [0.1, 0.15) is 34.5 Å². The van der Waals surface area contributed by atoms with Gasteiger partial charge in [0.25, 0.3) is 11.8 Å². The minimum atomic E-state index is -1.60. The number of ether oxygens (including phenoxy) is 1. The molecule has 2 fully saturated rings. The average molecular weight is 492 g/mol. The highest BCUT2D eigenvalue weighted by Gasteiger charge is 2.53. The number of piperidine rings is 1. The Bertz CT molecular complexity index is 1390. The van der Waals surface area contributed by atoms with Crippen LogP contribution in [0.5, 0.6) is 5.75 Å². The molecule has 4 amide bonds. The Balaban J connectivity index is 1.33. The fourth-order valence-electron chi connectivity index (χ4n) is 5.13. The van der Waals surface area contributed by atoms with Gasteiger partial charge in [-0.25, -0.2) is 9.78 Å². The van der Waals surface area contributed by atoms with Gasteiger partial charge in [-0.2, -0.15) is 0 Å². The lowest BCUT2D eigenvalue weighted by atomic mass is 9.95. The molecule has 0 aliphatic carbocycles. The largest absolute Gasteiger partial charge is 0.497 e. The fourth-order valence-corrected chi connectivity index (χ4v) is 5.13. The Hall–Kier alpha value is -4.12. The quantitative estimate of drug-likeness (QED) is 0.457. The Kier molecular flexibility index (Phi) is 5.11. The number of anilines is 1. The monoisotopic (exact) mass is 491 g/mol. The number of nitrogens with zero attached hydrogens (tertiary/aromatic N) is 3. The van der Waals surface area contributed by atoms with E-state index in [1.165, 1.54) is 12.0 Å². The second-order valence-corrected chi connectivity index (χ2v) is 9.38. The van der Waals surface area contributed by atoms with Gasteiger partial charge < -0.3 is 29.4 Å². The molecule has 36 heavy (non-hydrogen) atoms. The summed E-state index contributed by atoms with van der Waals surface area (Å²) in [7, 11) is 1.53. The van der Waals surface area contributed by atoms with E-state index in [9.17, 15) is 19.5 Å². The van der Waals surface area contributed by atoms with Crippen molar-refractivity contribution < 1.29 is 28.6 Å². The number of hydrogen-bond acceptors (Lipinski definition) is 8. The molecule has 0 saturated carbocycles. The average Bonchev–Trinajstić information content (AvgIpc) is 3.53. The van der Waals surface area contributed by atoms with Gasteiger partial charge in [0.05, 0.1) is 19.8 Å². The smallest absolute Gasteiger partial charge is 0.322 e. The van der Waals surface area contributed by atoms with Crippen LogP contribution in [0.25, 0.3) is 11.1 Å². The molecular weight excluding hydrogens is 466 g/mol. The van der Waals surface area contributed by atoms with E-state index in [1.807, 2.05) is 12.1 Å². The lowest BCUT2D eigenvalue weighted by molar-refractivity contribution is -0.125. The standard InChI is InChI=1S/C25H25N5O6/c1-35-16-3-2-14-12-30(22(32)17(14)10-16)13-25(23(33)27-24(34)28-25)20-11-18-19(36-20)4-5-21(26-18)29-8-6-15(31)7-9-29/h2-5,10-11,15,31H,6-9,12-13H2,1H3,(H2,27,28,33,34). The number of fused-ring (bicyclic) bond motifs is 2. The highest BCUT2D eigenvalue weighted by atomic mass is 16.5. The molecule has 6 rings (SSSR count). The van der Waals surface area contributed by atoms with Crippen LogP contribution in [0, 0.1) is 0 Å². The SMILES string of the molecule is COc1ccc2c(c1)C(=O)N(CC1(c3cc4nc(N5CCC(O)CC5)ccc4o3)NC(=O)NC1=O)C2. The van der Waals surface area contributed by atoms with Gasteiger partial charge in [0, 0.05) is 31.3 Å². The summed E-state index contributed by atoms with van der Waals surface area (Å²) in [6.45, 7) is 1.55. The molecule has 3 aliphatic rings. The molecule has 11 heteroatoms. The van der Waals surface area contributed by atoms with Crippen molar-refractivity contribution in [1.82, 2.24) is 20.5 Å². The molecule has 1 atom stereocenters. The molecule has 11 nitrogen and oxygen atoms in total. The second kappa shape index (κ2) is 8.23. The van der Waals surface area contributed by atoms with Crippen molar-refractivity contribution in [3.8, 4) is 5.75 Å². The van der Waals surface area contributed by atoms with Crippen molar-refractivity contribution in [2.45, 2.75) is 31.0 Å². The summed E-state index contributed by atoms with van der Waals surface area (Å²) in [6, 6.07) is 9.86. The molecule has 2 saturated heterocycles. The fraction of sp³-hybridized carbons (Fsp3) is 0.360. The molecule has 1 aromatic carbocycles. The van der Waals surface area contributed by atoms with Gasteiger partial charge in [0.2, 0.25) is 0 Å². The Morgan fingerprint density at radius 3 is 2.69 bits per heavy atom. The topological polar surface area (TPSA) is 137 Å². The number of methoxy groups -OCH3 is 1. The third kappa shape index (κ3) is 3.54. The van der Waals surface area contributed by atoms with Crippen molar-refractivity contribution in [1.29, 1.82) is 0 Å². The number of rotatable bonds is 5. The van der Waals surface area contributed by atoms with Crippen LogP contribution in [0.3, 0.4) is 0 Å². The molecule has 0 bridgehead atoms. The summed E-state index contributed by atoms with van der Waals surface area (Å²) >= 11 is 0. The summed E-state index contributed by atoms with van der Waals surface area (Å²) < 4.78 is 11.3. The number of imide groups is 1. The number of nitrogens with one attached hydrogen (secondary N) is 2. The maximum atomic E-state index is 13.2. The zero-order chi connectivity index (χ0) is 25.0. The minimum Gasteiger partial charge on any atom is -0.497 e. The van der Waals surface area contributed by atoms with Gasteiger partial charge in [-0.15, -0.1) is 0 Å². The van der Waals surface area contributed by atoms with E-state index in [4.69, 9.17) is 14.1 Å². The Labute approximate surface area is 206 Å². The first-order valence-corrected chi connectivity index (χ1v) is 11.8. The van der Waals surface area contributed by atoms with Crippen LogP contribution in [0.2, 0.25) is 0 Å². The van der Waals surface area contributed by atoms with Gasteiger partial charge in [-0.3, -0.25) is 14.9 Å². The first kappa shape index (κ1) is 22.4. The summed E-state index contributed by atoms with van der Waals surface area (Å²) in [5, 5.41) is 14.8. The predicted octanol–water partition coefficient (Wildman–Crippen LogP) is 1.49. The van der Waals surface area contributed by atoms with Gasteiger partial charge in [0.1, 0.15) is 22.8 Å². The molecule has 0 radical (unpaired) electrons. The van der Waals surface area contributed by atoms with Crippen molar-refractivity contribution in [3.63, 3.8) is 0 Å². The highest BCUT2D eigenvalue weighted by molar-refractivity contribution is 6.08. The maximum Gasteiger partial charge on any atom is 0.322 e. The van der Waals surface area contributed by atoms with E-state index in [0.29, 0.717) is 48.3 Å². The highest BCUT2D eigenvalue weighted by Crippen LogP contribution is 2.35. The van der Waals surface area contributed by atoms with Gasteiger partial charge in [-0.1, -0.05) is 6.07 Å². The Morgan fingerprint density at radius 2 is 1.97 bits per heavy atom. The van der Waals surface area contributed by atoms with E-state index in [1.54, 1.807) is 24.3 Å². The number of aromatic nitrogens is 1. The van der Waals surface area contributed by atoms with Crippen molar-refractivity contribution in [2.24, 2.45) is 0 Å². The van der Waals surface area contributed by atoms with E-state index < -0.39 is 17.5 Å². The number of pyridine rings is 1. The molecule has 1 unspecified atom stereocenters. The first-order valence-electron chi connectivity index (χ1n) is 11.8. The lowest BCUT2D eigenvalue weighted by Crippen LogP contribution is -2.52. The van der Waals surface area contributed by atoms with Crippen molar-refractivity contribution in [2.75, 3.05) is 31.6 Å². The number of aliphatic hydroxyl groups is 1. The van der Waals surface area contributed by atoms with Crippen molar-refractivity contribution in [3.05, 3.63) is 53.3 Å². The predicted molar refractivity (Wildman–Crippen MR) is 128 cm³/mol. The molecule has 5 heterocycles. The molecule has 3 aromatic rings. The third-order valence-electron chi connectivity index (χ3n) is 7.13. The van der Waals surface area contributed by atoms with Crippen LogP contribution in [-0.4, -0.2) is 65.7 Å². The van der Waals surface area contributed by atoms with Gasteiger partial charge in [0.15, 0.2) is 11.1 Å². The van der Waals surface area contributed by atoms with Crippen LogP contribution in [0.15, 0.2) is 40.8 Å². The van der Waals surface area contributed by atoms with Crippen LogP contribution in [-0.2, 0) is 16.9 Å². The van der Waals surface area contributed by atoms with Crippen molar-refractivity contribution >= 4 is 34.8 Å². The van der Waals surface area contributed by atoms with E-state index in [-0.39, 0.29) is 30.9 Å². The zero-order valence-corrected chi connectivity index (χ0v) is 19.6. The van der Waals surface area contributed by atoms with Crippen LogP contribution in [0.4, 0.5) is 10.6 Å². The molecule has 3 aliphatic heterocycles. The molecular formula is C25H25N5O6. The van der Waals surface area contributed by atoms with Gasteiger partial charge in [-0.05, 0) is 42.7 Å². The minimum absolute atomic E-state index is 0.114. The van der Waals surface area contributed by atoms with E-state index >= 15 is 0 Å². The van der Waals surface area contributed by atoms with E-state index in [2.05, 4.69) is 15.5 Å². The second-order valence-electron chi connectivity index (χ2n) is 9.38. The summed E-state index contributed by atoms with van der Waals surface area (Å²) in [6.07, 6.45) is 1.04. The number of aliphatic hydroxyl groups excluding tert-OH is 1. The number of carbonyl (C=O) groups is 3. The van der Waals surface area contributed by atoms with Gasteiger partial charge >= 0.3 is 6.03 Å². The summed E-state index contributed by atoms with van der Waals surface area (Å²) in [5.41, 5.74) is 0.692. The zero-order valence-electron chi connectivity index (χ0n) is 19.6. The summed E-state index contributed by atoms with van der Waals surface area (Å²) in [4.78, 5) is 46.9. The van der Waals surface area contributed by atoms with Crippen LogP contribution < -0.4 is 20.3 Å². The Morgan fingerprint density at radius 1 is 1.17 bits per heavy atom. The molecule has 3 N–H and O–H groups in total. The number of furan rings is 1. The molecule has 186 valence electrons. The lowest BCUT2D eigenvalue weighted by Gasteiger charge is -2.30. The van der Waals surface area contributed by atoms with Crippen LogP contribution >= 0.6 is 0 Å². The summed E-state index contributed by atoms with van der Waals surface area (Å²) in [5.74, 6) is 0.642. The third-order valence-corrected chi connectivity index (χ3v) is 7.13.